The number of nitrogens with zero attached hydrogens (tertiary/aromatic N) is 2. The van der Waals surface area contributed by atoms with E-state index in [0.29, 0.717) is 0 Å². The maximum absolute atomic E-state index is 6.59. The van der Waals surface area contributed by atoms with Crippen LogP contribution in [-0.2, 0) is 6.54 Å². The zero-order valence-electron chi connectivity index (χ0n) is 14.9. The molecule has 1 fully saturated rings. The normalized spacial score (nSPS) is 15.6. The smallest absolute Gasteiger partial charge is 0.0740 e. The van der Waals surface area contributed by atoms with Gasteiger partial charge >= 0.3 is 0 Å². The first-order valence-corrected chi connectivity index (χ1v) is 9.03. The van der Waals surface area contributed by atoms with E-state index < -0.39 is 0 Å². The van der Waals surface area contributed by atoms with Crippen molar-refractivity contribution in [3.8, 4) is 0 Å². The Hall–Kier alpha value is -0.580. The van der Waals surface area contributed by atoms with Gasteiger partial charge in [0.25, 0.3) is 0 Å². The summed E-state index contributed by atoms with van der Waals surface area (Å²) in [5.74, 6) is 0.813. The number of pyridine rings is 1. The molecule has 1 aromatic carbocycles. The lowest BCUT2D eigenvalue weighted by Gasteiger charge is -2.32. The van der Waals surface area contributed by atoms with Crippen LogP contribution in [0, 0.1) is 12.8 Å². The summed E-state index contributed by atoms with van der Waals surface area (Å²) in [6, 6.07) is 8.26. The zero-order valence-corrected chi connectivity index (χ0v) is 17.3. The van der Waals surface area contributed by atoms with Crippen LogP contribution in [0.3, 0.4) is 0 Å². The quantitative estimate of drug-likeness (QED) is 0.771. The van der Waals surface area contributed by atoms with E-state index >= 15 is 0 Å². The van der Waals surface area contributed by atoms with Gasteiger partial charge < -0.3 is 5.32 Å². The molecular formula is C19H28Cl3N3. The minimum Gasteiger partial charge on any atom is -0.317 e. The van der Waals surface area contributed by atoms with E-state index in [9.17, 15) is 0 Å². The Balaban J connectivity index is 0.00000156. The molecule has 2 heterocycles. The van der Waals surface area contributed by atoms with Crippen molar-refractivity contribution in [3.63, 3.8) is 0 Å². The molecule has 140 valence electrons. The third-order valence-electron chi connectivity index (χ3n) is 4.91. The van der Waals surface area contributed by atoms with Gasteiger partial charge in [0, 0.05) is 11.9 Å². The highest BCUT2D eigenvalue weighted by atomic mass is 35.5. The van der Waals surface area contributed by atoms with Crippen LogP contribution in [0.1, 0.15) is 31.0 Å². The van der Waals surface area contributed by atoms with Crippen molar-refractivity contribution in [2.75, 3.05) is 26.2 Å². The number of aromatic nitrogens is 1. The van der Waals surface area contributed by atoms with Crippen LogP contribution in [0.25, 0.3) is 10.9 Å². The summed E-state index contributed by atoms with van der Waals surface area (Å²) in [5, 5.41) is 5.46. The number of hydrogen-bond acceptors (Lipinski definition) is 3. The Morgan fingerprint density at radius 1 is 1.20 bits per heavy atom. The first-order chi connectivity index (χ1) is 11.2. The second-order valence-electron chi connectivity index (χ2n) is 6.54. The standard InChI is InChI=1S/C19H26ClN3.2ClH/c1-3-21-12-15-8-10-23(11-9-15)13-18-19(20)14(2)16-6-4-5-7-17(16)22-18;;/h4-7,15,21H,3,8-13H2,1-2H3;2*1H. The molecule has 1 aromatic heterocycles. The van der Waals surface area contributed by atoms with Crippen LogP contribution < -0.4 is 5.32 Å². The minimum absolute atomic E-state index is 0. The Morgan fingerprint density at radius 2 is 1.88 bits per heavy atom. The van der Waals surface area contributed by atoms with Crippen molar-refractivity contribution in [1.82, 2.24) is 15.2 Å². The summed E-state index contributed by atoms with van der Waals surface area (Å²) >= 11 is 6.59. The summed E-state index contributed by atoms with van der Waals surface area (Å²) < 4.78 is 0. The third kappa shape index (κ3) is 5.45. The first-order valence-electron chi connectivity index (χ1n) is 8.65. The van der Waals surface area contributed by atoms with Gasteiger partial charge in [-0.05, 0) is 63.5 Å². The molecule has 0 aliphatic carbocycles. The molecule has 1 saturated heterocycles. The van der Waals surface area contributed by atoms with Gasteiger partial charge in [-0.2, -0.15) is 0 Å². The molecule has 0 bridgehead atoms. The molecule has 1 aliphatic heterocycles. The van der Waals surface area contributed by atoms with Gasteiger partial charge in [-0.1, -0.05) is 36.7 Å². The van der Waals surface area contributed by atoms with Gasteiger partial charge in [0.2, 0.25) is 0 Å². The van der Waals surface area contributed by atoms with Crippen molar-refractivity contribution in [2.24, 2.45) is 5.92 Å². The SMILES string of the molecule is CCNCC1CCN(Cc2nc3ccccc3c(C)c2Cl)CC1.Cl.Cl. The van der Waals surface area contributed by atoms with Crippen molar-refractivity contribution in [3.05, 3.63) is 40.5 Å². The average Bonchev–Trinajstić information content (AvgIpc) is 2.59. The highest BCUT2D eigenvalue weighted by Crippen LogP contribution is 2.28. The monoisotopic (exact) mass is 403 g/mol. The number of aryl methyl sites for hydroxylation is 1. The van der Waals surface area contributed by atoms with E-state index in [0.717, 1.165) is 65.8 Å². The van der Waals surface area contributed by atoms with Crippen LogP contribution in [-0.4, -0.2) is 36.1 Å². The molecule has 3 rings (SSSR count). The van der Waals surface area contributed by atoms with E-state index in [1.165, 1.54) is 12.8 Å². The second kappa shape index (κ2) is 10.5. The van der Waals surface area contributed by atoms with Gasteiger partial charge in [0.05, 0.1) is 16.2 Å². The predicted molar refractivity (Wildman–Crippen MR) is 113 cm³/mol. The highest BCUT2D eigenvalue weighted by molar-refractivity contribution is 6.32. The second-order valence-corrected chi connectivity index (χ2v) is 6.92. The summed E-state index contributed by atoms with van der Waals surface area (Å²) in [7, 11) is 0. The molecule has 0 saturated carbocycles. The fourth-order valence-electron chi connectivity index (χ4n) is 3.43. The fourth-order valence-corrected chi connectivity index (χ4v) is 3.63. The number of fused-ring (bicyclic) bond motifs is 1. The summed E-state index contributed by atoms with van der Waals surface area (Å²) in [6.45, 7) is 9.62. The van der Waals surface area contributed by atoms with Crippen molar-refractivity contribution < 1.29 is 0 Å². The summed E-state index contributed by atoms with van der Waals surface area (Å²) in [5.41, 5.74) is 3.22. The largest absolute Gasteiger partial charge is 0.317 e. The fraction of sp³-hybridized carbons (Fsp3) is 0.526. The zero-order chi connectivity index (χ0) is 16.2. The molecule has 1 N–H and O–H groups in total. The van der Waals surface area contributed by atoms with Crippen molar-refractivity contribution in [2.45, 2.75) is 33.2 Å². The maximum atomic E-state index is 6.59. The number of halogens is 3. The lowest BCUT2D eigenvalue weighted by molar-refractivity contribution is 0.174. The van der Waals surface area contributed by atoms with E-state index in [1.54, 1.807) is 0 Å². The van der Waals surface area contributed by atoms with E-state index in [4.69, 9.17) is 16.6 Å². The summed E-state index contributed by atoms with van der Waals surface area (Å²) in [4.78, 5) is 7.30. The lowest BCUT2D eigenvalue weighted by atomic mass is 9.96. The number of piperidine rings is 1. The third-order valence-corrected chi connectivity index (χ3v) is 5.41. The number of rotatable bonds is 5. The van der Waals surface area contributed by atoms with Crippen LogP contribution >= 0.6 is 36.4 Å². The molecular weight excluding hydrogens is 377 g/mol. The highest BCUT2D eigenvalue weighted by Gasteiger charge is 2.20. The van der Waals surface area contributed by atoms with E-state index in [-0.39, 0.29) is 24.8 Å². The number of hydrogen-bond donors (Lipinski definition) is 1. The van der Waals surface area contributed by atoms with E-state index in [1.807, 2.05) is 12.1 Å². The number of nitrogens with one attached hydrogen (secondary N) is 1. The lowest BCUT2D eigenvalue weighted by Crippen LogP contribution is -2.37. The number of benzene rings is 1. The summed E-state index contributed by atoms with van der Waals surface area (Å²) in [6.07, 6.45) is 2.52. The molecule has 0 atom stereocenters. The Bertz CT molecular complexity index is 670. The van der Waals surface area contributed by atoms with Crippen molar-refractivity contribution >= 4 is 47.3 Å². The topological polar surface area (TPSA) is 28.2 Å². The van der Waals surface area contributed by atoms with Gasteiger partial charge in [-0.15, -0.1) is 24.8 Å². The van der Waals surface area contributed by atoms with Gasteiger partial charge in [0.15, 0.2) is 0 Å². The number of likely N-dealkylation sites (tertiary alicyclic amines) is 1. The Labute approximate surface area is 168 Å². The molecule has 0 unspecified atom stereocenters. The Kier molecular flexibility index (Phi) is 9.47. The molecule has 0 radical (unpaired) electrons. The predicted octanol–water partition coefficient (Wildman–Crippen LogP) is 4.86. The van der Waals surface area contributed by atoms with Crippen molar-refractivity contribution in [1.29, 1.82) is 0 Å². The Morgan fingerprint density at radius 3 is 2.56 bits per heavy atom. The van der Waals surface area contributed by atoms with Crippen LogP contribution in [0.15, 0.2) is 24.3 Å². The van der Waals surface area contributed by atoms with Crippen LogP contribution in [0.2, 0.25) is 5.02 Å². The van der Waals surface area contributed by atoms with E-state index in [2.05, 4.69) is 36.2 Å². The number of para-hydroxylation sites is 1. The average molecular weight is 405 g/mol. The first kappa shape index (κ1) is 22.5. The molecule has 6 heteroatoms. The van der Waals surface area contributed by atoms with Gasteiger partial charge in [0.1, 0.15) is 0 Å². The maximum Gasteiger partial charge on any atom is 0.0740 e. The van der Waals surface area contributed by atoms with Crippen LogP contribution in [0.4, 0.5) is 0 Å². The van der Waals surface area contributed by atoms with Gasteiger partial charge in [-0.3, -0.25) is 4.90 Å². The molecule has 3 nitrogen and oxygen atoms in total. The molecule has 2 aromatic rings. The molecule has 25 heavy (non-hydrogen) atoms. The molecule has 0 amide bonds. The van der Waals surface area contributed by atoms with Gasteiger partial charge in [-0.25, -0.2) is 4.98 Å². The molecule has 0 spiro atoms. The van der Waals surface area contributed by atoms with Crippen LogP contribution in [0.5, 0.6) is 0 Å². The molecule has 1 aliphatic rings. The minimum atomic E-state index is 0.